The van der Waals surface area contributed by atoms with Crippen LogP contribution in [-0.2, 0) is 15.0 Å². The van der Waals surface area contributed by atoms with Crippen LogP contribution in [0.5, 0.6) is 0 Å². The van der Waals surface area contributed by atoms with Crippen LogP contribution in [0.1, 0.15) is 12.8 Å². The van der Waals surface area contributed by atoms with Gasteiger partial charge in [-0.3, -0.25) is 4.79 Å². The number of carboxylic acids is 1. The summed E-state index contributed by atoms with van der Waals surface area (Å²) in [5.74, 6) is -1.82. The molecule has 0 unspecified atom stereocenters. The number of nitrogens with zero attached hydrogens (tertiary/aromatic N) is 3. The Balaban J connectivity index is 2.10. The van der Waals surface area contributed by atoms with Crippen molar-refractivity contribution in [2.75, 3.05) is 46.3 Å². The molecule has 144 valence electrons. The number of carboxylic acid groups (broad SMARTS) is 1. The summed E-state index contributed by atoms with van der Waals surface area (Å²) in [6.07, 6.45) is 0.767. The van der Waals surface area contributed by atoms with Crippen molar-refractivity contribution < 1.29 is 28.4 Å². The van der Waals surface area contributed by atoms with E-state index in [9.17, 15) is 18.3 Å². The lowest BCUT2D eigenvalue weighted by Gasteiger charge is -2.34. The van der Waals surface area contributed by atoms with Crippen LogP contribution >= 0.6 is 0 Å². The van der Waals surface area contributed by atoms with E-state index in [1.165, 1.54) is 4.31 Å². The average Bonchev–Trinajstić information content (AvgIpc) is 2.87. The molecule has 10 nitrogen and oxygen atoms in total. The van der Waals surface area contributed by atoms with E-state index in [-0.39, 0.29) is 19.4 Å². The highest BCUT2D eigenvalue weighted by Crippen LogP contribution is 2.33. The van der Waals surface area contributed by atoms with Crippen molar-refractivity contribution in [3.8, 4) is 0 Å². The molecule has 2 aliphatic rings. The van der Waals surface area contributed by atoms with Crippen molar-refractivity contribution >= 4 is 23.3 Å². The molecule has 0 aromatic heterocycles. The molecule has 2 fully saturated rings. The molecule has 2 aliphatic heterocycles. The summed E-state index contributed by atoms with van der Waals surface area (Å²) < 4.78 is 28.2. The topological polar surface area (TPSA) is 148 Å². The van der Waals surface area contributed by atoms with Gasteiger partial charge in [-0.15, -0.1) is 0 Å². The largest absolute Gasteiger partial charge is 0.480 e. The molecule has 0 aliphatic carbocycles. The SMILES string of the molecule is CN1CCN(S(=O)(=O)N2C[C@@H](CCCB(O)O)[C@@](N)(C(=O)O)C2)CC1. The number of hydrogen-bond acceptors (Lipinski definition) is 7. The highest BCUT2D eigenvalue weighted by atomic mass is 32.2. The van der Waals surface area contributed by atoms with Crippen LogP contribution in [0.2, 0.25) is 6.32 Å². The third-order valence-corrected chi connectivity index (χ3v) is 7.07. The molecule has 0 aromatic carbocycles. The summed E-state index contributed by atoms with van der Waals surface area (Å²) in [6.45, 7) is 1.72. The lowest BCUT2D eigenvalue weighted by molar-refractivity contribution is -0.144. The molecular weight excluding hydrogens is 351 g/mol. The molecule has 0 amide bonds. The van der Waals surface area contributed by atoms with Crippen molar-refractivity contribution in [3.63, 3.8) is 0 Å². The van der Waals surface area contributed by atoms with E-state index in [2.05, 4.69) is 0 Å². The molecule has 2 saturated heterocycles. The van der Waals surface area contributed by atoms with Crippen LogP contribution in [0, 0.1) is 5.92 Å². The number of rotatable bonds is 7. The quantitative estimate of drug-likeness (QED) is 0.354. The minimum Gasteiger partial charge on any atom is -0.480 e. The third-order valence-electron chi connectivity index (χ3n) is 5.12. The van der Waals surface area contributed by atoms with Gasteiger partial charge in [0.05, 0.1) is 0 Å². The van der Waals surface area contributed by atoms with E-state index in [4.69, 9.17) is 15.8 Å². The Hall–Kier alpha value is -0.755. The number of carbonyl (C=O) groups is 1. The van der Waals surface area contributed by atoms with Crippen LogP contribution in [0.15, 0.2) is 0 Å². The zero-order valence-electron chi connectivity index (χ0n) is 14.4. The zero-order chi connectivity index (χ0) is 18.8. The summed E-state index contributed by atoms with van der Waals surface area (Å²) in [4.78, 5) is 13.7. The fraction of sp³-hybridized carbons (Fsp3) is 0.923. The van der Waals surface area contributed by atoms with Gasteiger partial charge >= 0.3 is 13.1 Å². The Labute approximate surface area is 148 Å². The summed E-state index contributed by atoms with van der Waals surface area (Å²) in [6, 6.07) is 0. The van der Waals surface area contributed by atoms with Gasteiger partial charge < -0.3 is 25.8 Å². The minimum absolute atomic E-state index is 0.0268. The highest BCUT2D eigenvalue weighted by Gasteiger charge is 2.53. The second kappa shape index (κ2) is 7.86. The molecule has 0 radical (unpaired) electrons. The predicted molar refractivity (Wildman–Crippen MR) is 91.8 cm³/mol. The molecule has 0 bridgehead atoms. The summed E-state index contributed by atoms with van der Waals surface area (Å²) in [5.41, 5.74) is 4.38. The van der Waals surface area contributed by atoms with Crippen molar-refractivity contribution in [1.29, 1.82) is 0 Å². The number of nitrogens with two attached hydrogens (primary N) is 1. The van der Waals surface area contributed by atoms with Crippen LogP contribution < -0.4 is 5.73 Å². The number of likely N-dealkylation sites (N-methyl/N-ethyl adjacent to an activating group) is 1. The van der Waals surface area contributed by atoms with E-state index < -0.39 is 34.8 Å². The Morgan fingerprint density at radius 2 is 1.84 bits per heavy atom. The Kier molecular flexibility index (Phi) is 6.47. The molecule has 0 aromatic rings. The van der Waals surface area contributed by atoms with E-state index in [1.54, 1.807) is 0 Å². The Morgan fingerprint density at radius 1 is 1.24 bits per heavy atom. The molecule has 2 atom stereocenters. The summed E-state index contributed by atoms with van der Waals surface area (Å²) in [5, 5.41) is 27.4. The molecule has 5 N–H and O–H groups in total. The van der Waals surface area contributed by atoms with Gasteiger partial charge in [0.2, 0.25) is 0 Å². The lowest BCUT2D eigenvalue weighted by atomic mass is 9.78. The van der Waals surface area contributed by atoms with Crippen molar-refractivity contribution in [1.82, 2.24) is 13.5 Å². The summed E-state index contributed by atoms with van der Waals surface area (Å²) in [7, 11) is -3.32. The zero-order valence-corrected chi connectivity index (χ0v) is 15.2. The van der Waals surface area contributed by atoms with Gasteiger partial charge in [-0.05, 0) is 19.8 Å². The van der Waals surface area contributed by atoms with Gasteiger partial charge in [-0.25, -0.2) is 0 Å². The van der Waals surface area contributed by atoms with E-state index in [0.717, 1.165) is 4.31 Å². The van der Waals surface area contributed by atoms with Crippen LogP contribution in [-0.4, -0.2) is 102 Å². The van der Waals surface area contributed by atoms with Gasteiger partial charge in [0.25, 0.3) is 10.2 Å². The average molecular weight is 378 g/mol. The maximum absolute atomic E-state index is 12.8. The molecule has 2 heterocycles. The smallest absolute Gasteiger partial charge is 0.451 e. The van der Waals surface area contributed by atoms with Crippen molar-refractivity contribution in [2.24, 2.45) is 11.7 Å². The normalized spacial score (nSPS) is 29.8. The first kappa shape index (κ1) is 20.6. The summed E-state index contributed by atoms with van der Waals surface area (Å²) >= 11 is 0. The fourth-order valence-electron chi connectivity index (χ4n) is 3.39. The molecular formula is C13H27BN4O6S. The first-order valence-electron chi connectivity index (χ1n) is 8.39. The molecule has 25 heavy (non-hydrogen) atoms. The highest BCUT2D eigenvalue weighted by molar-refractivity contribution is 7.86. The molecule has 0 spiro atoms. The van der Waals surface area contributed by atoms with Gasteiger partial charge in [0.15, 0.2) is 0 Å². The number of piperazine rings is 1. The van der Waals surface area contributed by atoms with Crippen LogP contribution in [0.3, 0.4) is 0 Å². The maximum atomic E-state index is 12.8. The maximum Gasteiger partial charge on any atom is 0.451 e. The second-order valence-electron chi connectivity index (χ2n) is 6.96. The van der Waals surface area contributed by atoms with Crippen molar-refractivity contribution in [3.05, 3.63) is 0 Å². The second-order valence-corrected chi connectivity index (χ2v) is 8.89. The van der Waals surface area contributed by atoms with E-state index in [0.29, 0.717) is 39.0 Å². The van der Waals surface area contributed by atoms with Crippen LogP contribution in [0.4, 0.5) is 0 Å². The lowest BCUT2D eigenvalue weighted by Crippen LogP contribution is -2.56. The third kappa shape index (κ3) is 4.51. The predicted octanol–water partition coefficient (Wildman–Crippen LogP) is -2.55. The number of aliphatic carboxylic acids is 1. The Morgan fingerprint density at radius 3 is 2.36 bits per heavy atom. The minimum atomic E-state index is -3.77. The van der Waals surface area contributed by atoms with E-state index in [1.807, 2.05) is 11.9 Å². The van der Waals surface area contributed by atoms with Gasteiger partial charge in [-0.2, -0.15) is 17.0 Å². The van der Waals surface area contributed by atoms with E-state index >= 15 is 0 Å². The number of hydrogen-bond donors (Lipinski definition) is 4. The molecule has 12 heteroatoms. The molecule has 2 rings (SSSR count). The van der Waals surface area contributed by atoms with Gasteiger partial charge in [0.1, 0.15) is 5.54 Å². The van der Waals surface area contributed by atoms with Crippen LogP contribution in [0.25, 0.3) is 0 Å². The standard InChI is InChI=1S/C13H27BN4O6S/c1-16-5-7-17(8-6-16)25(23,24)18-9-11(3-2-4-14(21)22)13(15,10-18)12(19)20/h11,21-22H,2-10,15H2,1H3,(H,19,20)/t11-,13-/m1/s1. The first-order valence-corrected chi connectivity index (χ1v) is 9.79. The first-order chi connectivity index (χ1) is 11.6. The van der Waals surface area contributed by atoms with Gasteiger partial charge in [-0.1, -0.05) is 6.42 Å². The van der Waals surface area contributed by atoms with Gasteiger partial charge in [0, 0.05) is 45.2 Å². The molecule has 0 saturated carbocycles. The monoisotopic (exact) mass is 378 g/mol. The Bertz CT molecular complexity index is 583. The van der Waals surface area contributed by atoms with Crippen molar-refractivity contribution in [2.45, 2.75) is 24.7 Å². The fourth-order valence-corrected chi connectivity index (χ4v) is 5.09.